The Morgan fingerprint density at radius 3 is 2.19 bits per heavy atom. The van der Waals surface area contributed by atoms with Crippen molar-refractivity contribution in [3.63, 3.8) is 0 Å². The molecule has 26 heavy (non-hydrogen) atoms. The Hall–Kier alpha value is -2.65. The summed E-state index contributed by atoms with van der Waals surface area (Å²) < 4.78 is 10.9. The number of rotatable bonds is 5. The molecule has 0 saturated heterocycles. The molecule has 1 amide bonds. The van der Waals surface area contributed by atoms with Crippen LogP contribution in [0.25, 0.3) is 0 Å². The summed E-state index contributed by atoms with van der Waals surface area (Å²) in [5.41, 5.74) is 0.796. The summed E-state index contributed by atoms with van der Waals surface area (Å²) in [6.45, 7) is 0. The monoisotopic (exact) mass is 438 g/mol. The highest BCUT2D eigenvalue weighted by molar-refractivity contribution is 9.10. The zero-order chi connectivity index (χ0) is 19.3. The van der Waals surface area contributed by atoms with Gasteiger partial charge in [-0.2, -0.15) is 0 Å². The number of methoxy groups -OCH3 is 2. The predicted octanol–water partition coefficient (Wildman–Crippen LogP) is 3.29. The van der Waals surface area contributed by atoms with Crippen LogP contribution >= 0.6 is 28.1 Å². The molecule has 0 aliphatic carbocycles. The molecule has 0 aliphatic rings. The number of carboxylic acid groups (broad SMARTS) is 1. The van der Waals surface area contributed by atoms with Crippen LogP contribution in [0, 0.1) is 0 Å². The molecule has 0 atom stereocenters. The van der Waals surface area contributed by atoms with Gasteiger partial charge in [0.1, 0.15) is 11.5 Å². The van der Waals surface area contributed by atoms with Gasteiger partial charge in [-0.3, -0.25) is 10.1 Å². The van der Waals surface area contributed by atoms with E-state index in [-0.39, 0.29) is 10.7 Å². The van der Waals surface area contributed by atoms with Gasteiger partial charge in [-0.1, -0.05) is 0 Å². The summed E-state index contributed by atoms with van der Waals surface area (Å²) in [5, 5.41) is 14.4. The van der Waals surface area contributed by atoms with E-state index in [2.05, 4.69) is 26.6 Å². The highest BCUT2D eigenvalue weighted by Crippen LogP contribution is 2.24. The number of carboxylic acids is 1. The highest BCUT2D eigenvalue weighted by Gasteiger charge is 2.13. The fourth-order valence-corrected chi connectivity index (χ4v) is 2.57. The maximum Gasteiger partial charge on any atom is 0.335 e. The first-order chi connectivity index (χ1) is 12.3. The van der Waals surface area contributed by atoms with Crippen LogP contribution in [0.2, 0.25) is 0 Å². The number of halogens is 1. The normalized spacial score (nSPS) is 9.96. The third kappa shape index (κ3) is 4.93. The van der Waals surface area contributed by atoms with Crippen molar-refractivity contribution in [1.29, 1.82) is 0 Å². The van der Waals surface area contributed by atoms with Gasteiger partial charge in [0.25, 0.3) is 5.91 Å². The number of carbonyl (C=O) groups is 2. The second-order valence-electron chi connectivity index (χ2n) is 5.01. The van der Waals surface area contributed by atoms with Crippen molar-refractivity contribution in [3.05, 3.63) is 52.0 Å². The number of ether oxygens (including phenoxy) is 2. The van der Waals surface area contributed by atoms with Crippen molar-refractivity contribution in [3.8, 4) is 11.5 Å². The van der Waals surface area contributed by atoms with E-state index in [0.29, 0.717) is 27.2 Å². The molecule has 3 N–H and O–H groups in total. The number of nitrogens with one attached hydrogen (secondary N) is 2. The molecular weight excluding hydrogens is 424 g/mol. The van der Waals surface area contributed by atoms with Crippen molar-refractivity contribution >= 4 is 50.8 Å². The Kier molecular flexibility index (Phi) is 6.53. The largest absolute Gasteiger partial charge is 0.497 e. The van der Waals surface area contributed by atoms with Crippen molar-refractivity contribution in [2.75, 3.05) is 19.5 Å². The van der Waals surface area contributed by atoms with E-state index in [4.69, 9.17) is 26.8 Å². The van der Waals surface area contributed by atoms with Crippen molar-refractivity contribution < 1.29 is 24.2 Å². The molecule has 7 nitrogen and oxygen atoms in total. The molecule has 0 bridgehead atoms. The van der Waals surface area contributed by atoms with Gasteiger partial charge < -0.3 is 19.9 Å². The van der Waals surface area contributed by atoms with Crippen molar-refractivity contribution in [1.82, 2.24) is 5.32 Å². The molecule has 0 aromatic heterocycles. The fraction of sp³-hybridized carbons (Fsp3) is 0.118. The number of amides is 1. The average Bonchev–Trinajstić information content (AvgIpc) is 2.62. The Morgan fingerprint density at radius 1 is 1.04 bits per heavy atom. The van der Waals surface area contributed by atoms with Crippen LogP contribution in [-0.2, 0) is 0 Å². The number of hydrogen-bond donors (Lipinski definition) is 3. The predicted molar refractivity (Wildman–Crippen MR) is 104 cm³/mol. The second kappa shape index (κ2) is 8.63. The standard InChI is InChI=1S/C17H15BrN2O5S/c1-24-11-5-10(6-12(8-11)25-2)15(21)20-17(26)19-14-7-9(16(22)23)3-4-13(14)18/h3-8H,1-2H3,(H,22,23)(H2,19,20,21,26). The molecule has 2 aromatic rings. The van der Waals surface area contributed by atoms with Gasteiger partial charge in [0, 0.05) is 16.1 Å². The number of thiocarbonyl (C=S) groups is 1. The van der Waals surface area contributed by atoms with E-state index in [1.165, 1.54) is 26.4 Å². The summed E-state index contributed by atoms with van der Waals surface area (Å²) in [6, 6.07) is 9.15. The Morgan fingerprint density at radius 2 is 1.65 bits per heavy atom. The van der Waals surface area contributed by atoms with Gasteiger partial charge >= 0.3 is 5.97 Å². The Bertz CT molecular complexity index is 850. The first-order valence-electron chi connectivity index (χ1n) is 7.22. The summed E-state index contributed by atoms with van der Waals surface area (Å²) in [6.07, 6.45) is 0. The van der Waals surface area contributed by atoms with Gasteiger partial charge in [-0.05, 0) is 58.5 Å². The lowest BCUT2D eigenvalue weighted by atomic mass is 10.2. The molecule has 0 saturated carbocycles. The van der Waals surface area contributed by atoms with Crippen molar-refractivity contribution in [2.24, 2.45) is 0 Å². The second-order valence-corrected chi connectivity index (χ2v) is 6.27. The van der Waals surface area contributed by atoms with E-state index >= 15 is 0 Å². The zero-order valence-electron chi connectivity index (χ0n) is 13.8. The van der Waals surface area contributed by atoms with Crippen molar-refractivity contribution in [2.45, 2.75) is 0 Å². The highest BCUT2D eigenvalue weighted by atomic mass is 79.9. The first kappa shape index (κ1) is 19.7. The lowest BCUT2D eigenvalue weighted by Gasteiger charge is -2.13. The summed E-state index contributed by atoms with van der Waals surface area (Å²) in [5.74, 6) is -0.611. The van der Waals surface area contributed by atoms with E-state index in [9.17, 15) is 9.59 Å². The number of anilines is 1. The van der Waals surface area contributed by atoms with E-state index in [0.717, 1.165) is 0 Å². The van der Waals surface area contributed by atoms with Gasteiger partial charge in [-0.15, -0.1) is 0 Å². The minimum atomic E-state index is -1.07. The number of carbonyl (C=O) groups excluding carboxylic acids is 1. The molecule has 2 rings (SSSR count). The molecule has 0 heterocycles. The van der Waals surface area contributed by atoms with Gasteiger partial charge in [0.05, 0.1) is 25.5 Å². The minimum absolute atomic E-state index is 0.0139. The smallest absolute Gasteiger partial charge is 0.335 e. The van der Waals surface area contributed by atoms with Crippen LogP contribution < -0.4 is 20.1 Å². The molecule has 2 aromatic carbocycles. The van der Waals surface area contributed by atoms with Crippen LogP contribution in [0.15, 0.2) is 40.9 Å². The third-order valence-electron chi connectivity index (χ3n) is 3.30. The topological polar surface area (TPSA) is 96.9 Å². The lowest BCUT2D eigenvalue weighted by Crippen LogP contribution is -2.34. The summed E-state index contributed by atoms with van der Waals surface area (Å²) in [4.78, 5) is 23.5. The molecule has 0 spiro atoms. The zero-order valence-corrected chi connectivity index (χ0v) is 16.2. The van der Waals surface area contributed by atoms with E-state index in [1.807, 2.05) is 0 Å². The quantitative estimate of drug-likeness (QED) is 0.616. The third-order valence-corrected chi connectivity index (χ3v) is 4.20. The lowest BCUT2D eigenvalue weighted by molar-refractivity contribution is 0.0696. The molecule has 136 valence electrons. The number of benzene rings is 2. The van der Waals surface area contributed by atoms with Gasteiger partial charge in [0.2, 0.25) is 0 Å². The SMILES string of the molecule is COc1cc(OC)cc(C(=O)NC(=S)Nc2cc(C(=O)O)ccc2Br)c1. The van der Waals surface area contributed by atoms with Crippen LogP contribution in [0.4, 0.5) is 5.69 Å². The van der Waals surface area contributed by atoms with Crippen LogP contribution in [0.3, 0.4) is 0 Å². The molecular formula is C17H15BrN2O5S. The Labute approximate surface area is 163 Å². The molecule has 0 radical (unpaired) electrons. The van der Waals surface area contributed by atoms with Crippen LogP contribution in [-0.4, -0.2) is 36.3 Å². The maximum absolute atomic E-state index is 12.4. The molecule has 9 heteroatoms. The average molecular weight is 439 g/mol. The maximum atomic E-state index is 12.4. The summed E-state index contributed by atoms with van der Waals surface area (Å²) in [7, 11) is 2.96. The van der Waals surface area contributed by atoms with E-state index < -0.39 is 11.9 Å². The number of hydrogen-bond acceptors (Lipinski definition) is 5. The fourth-order valence-electron chi connectivity index (χ4n) is 2.02. The minimum Gasteiger partial charge on any atom is -0.497 e. The summed E-state index contributed by atoms with van der Waals surface area (Å²) >= 11 is 8.43. The Balaban J connectivity index is 2.14. The molecule has 0 unspecified atom stereocenters. The first-order valence-corrected chi connectivity index (χ1v) is 8.42. The molecule has 0 aliphatic heterocycles. The number of aromatic carboxylic acids is 1. The van der Waals surface area contributed by atoms with Gasteiger partial charge in [0.15, 0.2) is 5.11 Å². The van der Waals surface area contributed by atoms with E-state index in [1.54, 1.807) is 24.3 Å². The van der Waals surface area contributed by atoms with Gasteiger partial charge in [-0.25, -0.2) is 4.79 Å². The van der Waals surface area contributed by atoms with Crippen LogP contribution in [0.5, 0.6) is 11.5 Å². The van der Waals surface area contributed by atoms with Crippen LogP contribution in [0.1, 0.15) is 20.7 Å². The molecule has 0 fully saturated rings.